The quantitative estimate of drug-likeness (QED) is 0.447. The van der Waals surface area contributed by atoms with E-state index in [-0.39, 0.29) is 24.6 Å². The molecule has 1 aromatic rings. The second-order valence-electron chi connectivity index (χ2n) is 3.94. The molecular weight excluding hydrogens is 260 g/mol. The molecule has 0 radical (unpaired) electrons. The third kappa shape index (κ3) is 5.51. The van der Waals surface area contributed by atoms with Crippen LogP contribution in [0.2, 0.25) is 0 Å². The highest BCUT2D eigenvalue weighted by atomic mass is 16.5. The van der Waals surface area contributed by atoms with Crippen LogP contribution >= 0.6 is 0 Å². The summed E-state index contributed by atoms with van der Waals surface area (Å²) in [5.74, 6) is -1.38. The summed E-state index contributed by atoms with van der Waals surface area (Å²) in [6, 6.07) is 2.85. The summed E-state index contributed by atoms with van der Waals surface area (Å²) in [6.45, 7) is 2.04. The van der Waals surface area contributed by atoms with Crippen LogP contribution in [0.15, 0.2) is 30.5 Å². The number of esters is 1. The second kappa shape index (κ2) is 8.68. The Morgan fingerprint density at radius 2 is 2.25 bits per heavy atom. The van der Waals surface area contributed by atoms with Crippen LogP contribution < -0.4 is 5.32 Å². The molecule has 6 heteroatoms. The summed E-state index contributed by atoms with van der Waals surface area (Å²) in [5.41, 5.74) is -0.119. The van der Waals surface area contributed by atoms with Crippen LogP contribution in [-0.2, 0) is 9.53 Å². The molecule has 2 N–H and O–H groups in total. The maximum absolute atomic E-state index is 11.6. The Hall–Kier alpha value is -2.37. The van der Waals surface area contributed by atoms with Crippen LogP contribution in [0.25, 0.3) is 0 Å². The number of hydrogen-bond donors (Lipinski definition) is 2. The van der Waals surface area contributed by atoms with Gasteiger partial charge in [-0.05, 0) is 25.0 Å². The fourth-order valence-corrected chi connectivity index (χ4v) is 1.38. The van der Waals surface area contributed by atoms with Gasteiger partial charge in [-0.15, -0.1) is 0 Å². The van der Waals surface area contributed by atoms with Crippen molar-refractivity contribution in [2.75, 3.05) is 13.2 Å². The number of ether oxygens (including phenoxy) is 1. The number of hydrogen-bond acceptors (Lipinski definition) is 5. The molecule has 0 bridgehead atoms. The molecule has 0 fully saturated rings. The molecule has 0 spiro atoms. The third-order valence-electron chi connectivity index (χ3n) is 2.34. The van der Waals surface area contributed by atoms with Crippen molar-refractivity contribution in [1.82, 2.24) is 10.3 Å². The molecule has 6 nitrogen and oxygen atoms in total. The first-order valence-electron chi connectivity index (χ1n) is 6.38. The van der Waals surface area contributed by atoms with Crippen LogP contribution in [0, 0.1) is 0 Å². The van der Waals surface area contributed by atoms with Crippen molar-refractivity contribution in [3.8, 4) is 5.75 Å². The molecule has 108 valence electrons. The Labute approximate surface area is 117 Å². The van der Waals surface area contributed by atoms with Crippen molar-refractivity contribution in [2.24, 2.45) is 0 Å². The zero-order valence-electron chi connectivity index (χ0n) is 11.3. The highest BCUT2D eigenvalue weighted by molar-refractivity contribution is 5.96. The standard InChI is InChI=1S/C14H18N2O4/c1-2-3-4-5-9-20-12(18)10-16-14(19)13-11(17)7-6-8-15-13/h3-4,6-8,17H,2,5,9-10H2,1H3,(H,16,19)/b4-3+. The fourth-order valence-electron chi connectivity index (χ4n) is 1.38. The van der Waals surface area contributed by atoms with Gasteiger partial charge < -0.3 is 15.2 Å². The van der Waals surface area contributed by atoms with Crippen molar-refractivity contribution in [3.05, 3.63) is 36.2 Å². The lowest BCUT2D eigenvalue weighted by Crippen LogP contribution is -2.31. The van der Waals surface area contributed by atoms with E-state index in [9.17, 15) is 14.7 Å². The smallest absolute Gasteiger partial charge is 0.325 e. The van der Waals surface area contributed by atoms with E-state index in [0.717, 1.165) is 6.42 Å². The van der Waals surface area contributed by atoms with E-state index in [1.54, 1.807) is 0 Å². The first-order chi connectivity index (χ1) is 9.65. The largest absolute Gasteiger partial charge is 0.505 e. The number of amides is 1. The molecule has 1 amide bonds. The third-order valence-corrected chi connectivity index (χ3v) is 2.34. The highest BCUT2D eigenvalue weighted by Gasteiger charge is 2.13. The Bertz CT molecular complexity index is 486. The molecule has 0 aliphatic carbocycles. The molecule has 0 aromatic carbocycles. The average Bonchev–Trinajstić information content (AvgIpc) is 2.45. The van der Waals surface area contributed by atoms with Gasteiger partial charge in [0.25, 0.3) is 5.91 Å². The summed E-state index contributed by atoms with van der Waals surface area (Å²) in [6.07, 6.45) is 6.89. The lowest BCUT2D eigenvalue weighted by molar-refractivity contribution is -0.142. The molecule has 0 aliphatic heterocycles. The van der Waals surface area contributed by atoms with Crippen molar-refractivity contribution in [1.29, 1.82) is 0 Å². The van der Waals surface area contributed by atoms with E-state index in [1.165, 1.54) is 18.3 Å². The van der Waals surface area contributed by atoms with Gasteiger partial charge >= 0.3 is 5.97 Å². The minimum absolute atomic E-state index is 0.119. The molecule has 1 aromatic heterocycles. The molecule has 0 aliphatic rings. The minimum atomic E-state index is -0.620. The molecule has 0 unspecified atom stereocenters. The first kappa shape index (κ1) is 15.7. The zero-order valence-corrected chi connectivity index (χ0v) is 11.3. The summed E-state index contributed by atoms with van der Waals surface area (Å²) >= 11 is 0. The number of nitrogens with one attached hydrogen (secondary N) is 1. The molecule has 0 saturated carbocycles. The Morgan fingerprint density at radius 1 is 1.45 bits per heavy atom. The van der Waals surface area contributed by atoms with Gasteiger partial charge in [-0.2, -0.15) is 0 Å². The van der Waals surface area contributed by atoms with Crippen LogP contribution in [0.4, 0.5) is 0 Å². The maximum atomic E-state index is 11.6. The van der Waals surface area contributed by atoms with Crippen LogP contribution in [0.5, 0.6) is 5.75 Å². The number of carbonyl (C=O) groups is 2. The molecule has 0 atom stereocenters. The summed E-state index contributed by atoms with van der Waals surface area (Å²) in [7, 11) is 0. The van der Waals surface area contributed by atoms with Gasteiger partial charge in [0.2, 0.25) is 0 Å². The average molecular weight is 278 g/mol. The number of aromatic hydroxyl groups is 1. The summed E-state index contributed by atoms with van der Waals surface area (Å²) in [4.78, 5) is 26.7. The second-order valence-corrected chi connectivity index (χ2v) is 3.94. The first-order valence-corrected chi connectivity index (χ1v) is 6.38. The van der Waals surface area contributed by atoms with Crippen molar-refractivity contribution >= 4 is 11.9 Å². The van der Waals surface area contributed by atoms with Crippen LogP contribution in [0.1, 0.15) is 30.3 Å². The van der Waals surface area contributed by atoms with Gasteiger partial charge in [-0.3, -0.25) is 9.59 Å². The van der Waals surface area contributed by atoms with Gasteiger partial charge in [0.1, 0.15) is 12.3 Å². The number of aromatic nitrogens is 1. The molecular formula is C14H18N2O4. The van der Waals surface area contributed by atoms with E-state index in [1.807, 2.05) is 19.1 Å². The predicted octanol–water partition coefficient (Wildman–Crippen LogP) is 1.42. The Kier molecular flexibility index (Phi) is 6.81. The lowest BCUT2D eigenvalue weighted by atomic mass is 10.3. The van der Waals surface area contributed by atoms with Gasteiger partial charge in [-0.25, -0.2) is 4.98 Å². The summed E-state index contributed by atoms with van der Waals surface area (Å²) < 4.78 is 4.92. The zero-order chi connectivity index (χ0) is 14.8. The fraction of sp³-hybridized carbons (Fsp3) is 0.357. The lowest BCUT2D eigenvalue weighted by Gasteiger charge is -2.06. The van der Waals surface area contributed by atoms with E-state index in [0.29, 0.717) is 6.42 Å². The van der Waals surface area contributed by atoms with Crippen molar-refractivity contribution < 1.29 is 19.4 Å². The van der Waals surface area contributed by atoms with Crippen molar-refractivity contribution in [2.45, 2.75) is 19.8 Å². The number of pyridine rings is 1. The van der Waals surface area contributed by atoms with Gasteiger partial charge in [0, 0.05) is 6.20 Å². The highest BCUT2D eigenvalue weighted by Crippen LogP contribution is 2.11. The molecule has 20 heavy (non-hydrogen) atoms. The van der Waals surface area contributed by atoms with E-state index >= 15 is 0 Å². The molecule has 0 saturated heterocycles. The monoisotopic (exact) mass is 278 g/mol. The van der Waals surface area contributed by atoms with E-state index < -0.39 is 11.9 Å². The normalized spacial score (nSPS) is 10.4. The SMILES string of the molecule is CC/C=C/CCOC(=O)CNC(=O)c1ncccc1O. The number of carbonyl (C=O) groups excluding carboxylic acids is 2. The Balaban J connectivity index is 2.29. The van der Waals surface area contributed by atoms with Crippen molar-refractivity contribution in [3.63, 3.8) is 0 Å². The van der Waals surface area contributed by atoms with Gasteiger partial charge in [-0.1, -0.05) is 19.1 Å². The number of nitrogens with zero attached hydrogens (tertiary/aromatic N) is 1. The predicted molar refractivity (Wildman–Crippen MR) is 73.2 cm³/mol. The number of rotatable bonds is 7. The van der Waals surface area contributed by atoms with E-state index in [2.05, 4.69) is 10.3 Å². The number of allylic oxidation sites excluding steroid dienone is 1. The maximum Gasteiger partial charge on any atom is 0.325 e. The Morgan fingerprint density at radius 3 is 2.95 bits per heavy atom. The van der Waals surface area contributed by atoms with Gasteiger partial charge in [0.15, 0.2) is 5.69 Å². The summed E-state index contributed by atoms with van der Waals surface area (Å²) in [5, 5.41) is 11.8. The topological polar surface area (TPSA) is 88.5 Å². The molecule has 1 heterocycles. The molecule has 1 rings (SSSR count). The van der Waals surface area contributed by atoms with Crippen LogP contribution in [0.3, 0.4) is 0 Å². The van der Waals surface area contributed by atoms with E-state index in [4.69, 9.17) is 4.74 Å². The minimum Gasteiger partial charge on any atom is -0.505 e. The van der Waals surface area contributed by atoms with Gasteiger partial charge in [0.05, 0.1) is 6.61 Å². The van der Waals surface area contributed by atoms with Crippen LogP contribution in [-0.4, -0.2) is 35.1 Å².